The zero-order valence-corrected chi connectivity index (χ0v) is 10.9. The topological polar surface area (TPSA) is 51.2 Å². The number of nitrogens with zero attached hydrogens (tertiary/aromatic N) is 1. The van der Waals surface area contributed by atoms with Crippen molar-refractivity contribution in [1.82, 2.24) is 4.98 Å². The molecule has 0 saturated carbocycles. The van der Waals surface area contributed by atoms with E-state index in [-0.39, 0.29) is 12.5 Å². The van der Waals surface area contributed by atoms with Crippen molar-refractivity contribution in [3.05, 3.63) is 41.6 Å². The summed E-state index contributed by atoms with van der Waals surface area (Å²) in [5.74, 6) is 0.945. The highest BCUT2D eigenvalue weighted by molar-refractivity contribution is 5.94. The molecule has 0 fully saturated rings. The molecule has 0 atom stereocenters. The maximum atomic E-state index is 11.2. The number of hydrogen-bond acceptors (Lipinski definition) is 3. The maximum absolute atomic E-state index is 11.2. The maximum Gasteiger partial charge on any atom is 0.263 e. The van der Waals surface area contributed by atoms with Gasteiger partial charge in [-0.2, -0.15) is 0 Å². The molecule has 0 bridgehead atoms. The molecule has 1 aliphatic rings. The van der Waals surface area contributed by atoms with Crippen LogP contribution in [0.25, 0.3) is 11.1 Å². The van der Waals surface area contributed by atoms with Crippen molar-refractivity contribution in [3.63, 3.8) is 0 Å². The highest BCUT2D eigenvalue weighted by Crippen LogP contribution is 2.32. The number of anilines is 1. The molecule has 1 aromatic heterocycles. The number of rotatable bonds is 1. The fraction of sp³-hybridized carbons (Fsp3) is 0.200. The number of aromatic nitrogens is 1. The van der Waals surface area contributed by atoms with Gasteiger partial charge in [0.15, 0.2) is 18.2 Å². The summed E-state index contributed by atoms with van der Waals surface area (Å²) in [7, 11) is 0. The number of amides is 1. The Morgan fingerprint density at radius 2 is 2.11 bits per heavy atom. The molecule has 3 rings (SSSR count). The molecule has 1 N–H and O–H groups in total. The molecule has 0 aliphatic carbocycles. The summed E-state index contributed by atoms with van der Waals surface area (Å²) < 4.78 is 5.39. The highest BCUT2D eigenvalue weighted by atomic mass is 16.5. The van der Waals surface area contributed by atoms with Gasteiger partial charge < -0.3 is 10.1 Å². The minimum atomic E-state index is -0.167. The number of hydrogen-bond donors (Lipinski definition) is 1. The standard InChI is InChI=1S/C15H14N2O2/c1-9-3-4-12(10(2)5-9)11-6-13-15(16-7-11)17-14(18)8-19-13/h3-7H,8H2,1-2H3,(H,16,17,18). The van der Waals surface area contributed by atoms with Crippen LogP contribution in [0, 0.1) is 13.8 Å². The Morgan fingerprint density at radius 1 is 1.26 bits per heavy atom. The average molecular weight is 254 g/mol. The molecule has 4 heteroatoms. The SMILES string of the molecule is Cc1ccc(-c2cnc3c(c2)OCC(=O)N3)c(C)c1. The van der Waals surface area contributed by atoms with Crippen LogP contribution in [-0.2, 0) is 4.79 Å². The van der Waals surface area contributed by atoms with Gasteiger partial charge in [0.05, 0.1) is 0 Å². The first kappa shape index (κ1) is 11.7. The lowest BCUT2D eigenvalue weighted by Crippen LogP contribution is -2.26. The molecule has 1 aliphatic heterocycles. The normalized spacial score (nSPS) is 13.5. The second-order valence-electron chi connectivity index (χ2n) is 4.73. The van der Waals surface area contributed by atoms with Crippen LogP contribution in [0.2, 0.25) is 0 Å². The van der Waals surface area contributed by atoms with Crippen molar-refractivity contribution in [2.24, 2.45) is 0 Å². The predicted molar refractivity (Wildman–Crippen MR) is 73.3 cm³/mol. The van der Waals surface area contributed by atoms with Crippen molar-refractivity contribution >= 4 is 11.7 Å². The molecule has 1 amide bonds. The number of benzene rings is 1. The van der Waals surface area contributed by atoms with Crippen LogP contribution in [0.3, 0.4) is 0 Å². The van der Waals surface area contributed by atoms with Gasteiger partial charge in [0, 0.05) is 11.8 Å². The first-order chi connectivity index (χ1) is 9.13. The molecule has 19 heavy (non-hydrogen) atoms. The van der Waals surface area contributed by atoms with E-state index >= 15 is 0 Å². The Morgan fingerprint density at radius 3 is 2.89 bits per heavy atom. The van der Waals surface area contributed by atoms with Gasteiger partial charge in [-0.25, -0.2) is 4.98 Å². The van der Waals surface area contributed by atoms with E-state index in [0.29, 0.717) is 11.6 Å². The van der Waals surface area contributed by atoms with Gasteiger partial charge in [-0.15, -0.1) is 0 Å². The first-order valence-electron chi connectivity index (χ1n) is 6.14. The monoisotopic (exact) mass is 254 g/mol. The number of ether oxygens (including phenoxy) is 1. The van der Waals surface area contributed by atoms with Gasteiger partial charge in [-0.05, 0) is 31.0 Å². The Hall–Kier alpha value is -2.36. The zero-order chi connectivity index (χ0) is 13.4. The average Bonchev–Trinajstić information content (AvgIpc) is 2.38. The first-order valence-corrected chi connectivity index (χ1v) is 6.14. The van der Waals surface area contributed by atoms with E-state index < -0.39 is 0 Å². The summed E-state index contributed by atoms with van der Waals surface area (Å²) in [6, 6.07) is 8.21. The van der Waals surface area contributed by atoms with Crippen molar-refractivity contribution in [1.29, 1.82) is 0 Å². The number of aryl methyl sites for hydroxylation is 2. The number of pyridine rings is 1. The van der Waals surface area contributed by atoms with Gasteiger partial charge in [-0.1, -0.05) is 23.8 Å². The van der Waals surface area contributed by atoms with E-state index in [1.165, 1.54) is 11.1 Å². The van der Waals surface area contributed by atoms with Crippen molar-refractivity contribution in [3.8, 4) is 16.9 Å². The number of fused-ring (bicyclic) bond motifs is 1. The van der Waals surface area contributed by atoms with Crippen LogP contribution < -0.4 is 10.1 Å². The molecular weight excluding hydrogens is 240 g/mol. The fourth-order valence-electron chi connectivity index (χ4n) is 2.24. The molecule has 1 aromatic carbocycles. The van der Waals surface area contributed by atoms with E-state index in [9.17, 15) is 4.79 Å². The van der Waals surface area contributed by atoms with Crippen LogP contribution in [0.15, 0.2) is 30.5 Å². The van der Waals surface area contributed by atoms with Crippen LogP contribution in [0.4, 0.5) is 5.82 Å². The Bertz CT molecular complexity index is 665. The second kappa shape index (κ2) is 4.39. The molecule has 0 unspecified atom stereocenters. The van der Waals surface area contributed by atoms with Crippen molar-refractivity contribution in [2.45, 2.75) is 13.8 Å². The molecule has 96 valence electrons. The lowest BCUT2D eigenvalue weighted by atomic mass is 10.00. The second-order valence-corrected chi connectivity index (χ2v) is 4.73. The number of carbonyl (C=O) groups is 1. The molecule has 4 nitrogen and oxygen atoms in total. The van der Waals surface area contributed by atoms with Crippen molar-refractivity contribution < 1.29 is 9.53 Å². The Kier molecular flexibility index (Phi) is 2.71. The number of nitrogens with one attached hydrogen (secondary N) is 1. The molecule has 0 saturated heterocycles. The minimum absolute atomic E-state index is 0.0466. The Balaban J connectivity index is 2.04. The third-order valence-electron chi connectivity index (χ3n) is 3.16. The van der Waals surface area contributed by atoms with E-state index in [0.717, 1.165) is 11.1 Å². The zero-order valence-electron chi connectivity index (χ0n) is 10.9. The lowest BCUT2D eigenvalue weighted by molar-refractivity contribution is -0.118. The van der Waals surface area contributed by atoms with Gasteiger partial charge in [0.25, 0.3) is 5.91 Å². The van der Waals surface area contributed by atoms with E-state index in [4.69, 9.17) is 4.74 Å². The van der Waals surface area contributed by atoms with Crippen LogP contribution in [-0.4, -0.2) is 17.5 Å². The summed E-state index contributed by atoms with van der Waals surface area (Å²) in [5, 5.41) is 2.69. The summed E-state index contributed by atoms with van der Waals surface area (Å²) in [6.45, 7) is 4.19. The molecule has 0 spiro atoms. The van der Waals surface area contributed by atoms with Crippen LogP contribution in [0.1, 0.15) is 11.1 Å². The quantitative estimate of drug-likeness (QED) is 0.851. The summed E-state index contributed by atoms with van der Waals surface area (Å²) in [4.78, 5) is 15.4. The van der Waals surface area contributed by atoms with Crippen molar-refractivity contribution in [2.75, 3.05) is 11.9 Å². The molecule has 2 aromatic rings. The van der Waals surface area contributed by atoms with Gasteiger partial charge in [0.1, 0.15) is 0 Å². The van der Waals surface area contributed by atoms with Gasteiger partial charge in [0.2, 0.25) is 0 Å². The summed E-state index contributed by atoms with van der Waals surface area (Å²) in [5.41, 5.74) is 4.55. The van der Waals surface area contributed by atoms with E-state index in [2.05, 4.69) is 42.3 Å². The predicted octanol–water partition coefficient (Wildman–Crippen LogP) is 2.70. The lowest BCUT2D eigenvalue weighted by Gasteiger charge is -2.18. The molecular formula is C15H14N2O2. The third kappa shape index (κ3) is 2.17. The number of carbonyl (C=O) groups excluding carboxylic acids is 1. The van der Waals surface area contributed by atoms with E-state index in [1.807, 2.05) is 6.07 Å². The molecule has 0 radical (unpaired) electrons. The Labute approximate surface area is 111 Å². The molecule has 2 heterocycles. The van der Waals surface area contributed by atoms with Crippen LogP contribution >= 0.6 is 0 Å². The smallest absolute Gasteiger partial charge is 0.263 e. The highest BCUT2D eigenvalue weighted by Gasteiger charge is 2.18. The van der Waals surface area contributed by atoms with Gasteiger partial charge in [-0.3, -0.25) is 4.79 Å². The minimum Gasteiger partial charge on any atom is -0.480 e. The summed E-state index contributed by atoms with van der Waals surface area (Å²) >= 11 is 0. The van der Waals surface area contributed by atoms with E-state index in [1.54, 1.807) is 6.20 Å². The third-order valence-corrected chi connectivity index (χ3v) is 3.16. The van der Waals surface area contributed by atoms with Gasteiger partial charge >= 0.3 is 0 Å². The largest absolute Gasteiger partial charge is 0.480 e. The fourth-order valence-corrected chi connectivity index (χ4v) is 2.24. The van der Waals surface area contributed by atoms with Crippen LogP contribution in [0.5, 0.6) is 5.75 Å². The summed E-state index contributed by atoms with van der Waals surface area (Å²) in [6.07, 6.45) is 1.76.